The van der Waals surface area contributed by atoms with E-state index in [0.717, 1.165) is 22.4 Å². The van der Waals surface area contributed by atoms with Gasteiger partial charge in [-0.2, -0.15) is 0 Å². The van der Waals surface area contributed by atoms with Crippen LogP contribution in [0.5, 0.6) is 5.75 Å². The van der Waals surface area contributed by atoms with E-state index in [4.69, 9.17) is 4.74 Å². The highest BCUT2D eigenvalue weighted by molar-refractivity contribution is 5.47. The van der Waals surface area contributed by atoms with Gasteiger partial charge in [0.15, 0.2) is 0 Å². The zero-order valence-corrected chi connectivity index (χ0v) is 12.2. The number of aliphatic hydroxyl groups excluding tert-OH is 1. The topological polar surface area (TPSA) is 29.5 Å². The predicted octanol–water partition coefficient (Wildman–Crippen LogP) is 3.75. The van der Waals surface area contributed by atoms with Crippen LogP contribution >= 0.6 is 0 Å². The molecule has 2 aromatic rings. The first-order valence-electron chi connectivity index (χ1n) is 7.00. The van der Waals surface area contributed by atoms with Gasteiger partial charge in [0.2, 0.25) is 0 Å². The maximum atomic E-state index is 10.6. The average molecular weight is 268 g/mol. The summed E-state index contributed by atoms with van der Waals surface area (Å²) in [7, 11) is 0. The van der Waals surface area contributed by atoms with Gasteiger partial charge in [-0.1, -0.05) is 44.2 Å². The van der Waals surface area contributed by atoms with E-state index in [0.29, 0.717) is 6.61 Å². The molecule has 0 amide bonds. The number of hydrogen-bond donors (Lipinski definition) is 1. The Hall–Kier alpha value is -1.80. The lowest BCUT2D eigenvalue weighted by atomic mass is 9.85. The summed E-state index contributed by atoms with van der Waals surface area (Å²) in [4.78, 5) is 0. The van der Waals surface area contributed by atoms with Crippen molar-refractivity contribution in [3.63, 3.8) is 0 Å². The minimum Gasteiger partial charge on any atom is -0.492 e. The first-order chi connectivity index (χ1) is 9.49. The van der Waals surface area contributed by atoms with Crippen LogP contribution in [0.1, 0.15) is 42.2 Å². The van der Waals surface area contributed by atoms with E-state index in [1.54, 1.807) is 0 Å². The van der Waals surface area contributed by atoms with Crippen molar-refractivity contribution < 1.29 is 9.84 Å². The van der Waals surface area contributed by atoms with Gasteiger partial charge in [0.05, 0.1) is 6.61 Å². The number of aryl methyl sites for hydroxylation is 1. The summed E-state index contributed by atoms with van der Waals surface area (Å²) in [5, 5.41) is 10.6. The van der Waals surface area contributed by atoms with Gasteiger partial charge in [0.1, 0.15) is 11.9 Å². The van der Waals surface area contributed by atoms with Crippen LogP contribution in [-0.4, -0.2) is 11.7 Å². The highest BCUT2D eigenvalue weighted by atomic mass is 16.5. The van der Waals surface area contributed by atoms with Gasteiger partial charge in [-0.3, -0.25) is 0 Å². The van der Waals surface area contributed by atoms with Crippen LogP contribution in [0.4, 0.5) is 0 Å². The molecule has 104 valence electrons. The third-order valence-corrected chi connectivity index (χ3v) is 4.12. The molecule has 2 heteroatoms. The lowest BCUT2D eigenvalue weighted by Crippen LogP contribution is -2.18. The van der Waals surface area contributed by atoms with E-state index in [2.05, 4.69) is 19.9 Å². The van der Waals surface area contributed by atoms with E-state index >= 15 is 0 Å². The van der Waals surface area contributed by atoms with Crippen molar-refractivity contribution in [2.24, 2.45) is 0 Å². The summed E-state index contributed by atoms with van der Waals surface area (Å²) in [6.07, 6.45) is -0.585. The molecule has 0 bridgehead atoms. The standard InChI is InChI=1S/C18H20O2/c1-12-6-4-5-7-14(12)17(19)13-8-9-16-15(10-13)18(2,3)11-20-16/h4-10,17,19H,11H2,1-3H3. The van der Waals surface area contributed by atoms with Crippen molar-refractivity contribution in [1.82, 2.24) is 0 Å². The second-order valence-electron chi connectivity index (χ2n) is 6.19. The van der Waals surface area contributed by atoms with Gasteiger partial charge >= 0.3 is 0 Å². The molecule has 1 atom stereocenters. The Kier molecular flexibility index (Phi) is 3.06. The molecule has 0 spiro atoms. The van der Waals surface area contributed by atoms with E-state index in [1.165, 1.54) is 5.56 Å². The van der Waals surface area contributed by atoms with E-state index in [9.17, 15) is 5.11 Å². The van der Waals surface area contributed by atoms with Crippen molar-refractivity contribution in [1.29, 1.82) is 0 Å². The third kappa shape index (κ3) is 2.10. The van der Waals surface area contributed by atoms with Crippen LogP contribution < -0.4 is 4.74 Å². The van der Waals surface area contributed by atoms with Gasteiger partial charge in [-0.25, -0.2) is 0 Å². The molecule has 2 nitrogen and oxygen atoms in total. The molecule has 0 saturated heterocycles. The summed E-state index contributed by atoms with van der Waals surface area (Å²) in [6.45, 7) is 7.07. The molecule has 1 aliphatic rings. The Bertz CT molecular complexity index is 644. The molecule has 0 saturated carbocycles. The van der Waals surface area contributed by atoms with Crippen LogP contribution in [-0.2, 0) is 5.41 Å². The molecule has 0 radical (unpaired) electrons. The molecule has 2 aromatic carbocycles. The first-order valence-corrected chi connectivity index (χ1v) is 7.00. The molecule has 1 aliphatic heterocycles. The van der Waals surface area contributed by atoms with Crippen LogP contribution in [0.2, 0.25) is 0 Å². The Balaban J connectivity index is 2.02. The zero-order chi connectivity index (χ0) is 14.3. The van der Waals surface area contributed by atoms with Crippen LogP contribution in [0.3, 0.4) is 0 Å². The Morgan fingerprint density at radius 2 is 1.90 bits per heavy atom. The zero-order valence-electron chi connectivity index (χ0n) is 12.2. The fourth-order valence-corrected chi connectivity index (χ4v) is 2.78. The number of hydrogen-bond acceptors (Lipinski definition) is 2. The lowest BCUT2D eigenvalue weighted by Gasteiger charge is -2.18. The quantitative estimate of drug-likeness (QED) is 0.899. The number of rotatable bonds is 2. The second-order valence-corrected chi connectivity index (χ2v) is 6.19. The third-order valence-electron chi connectivity index (χ3n) is 4.12. The van der Waals surface area contributed by atoms with Crippen LogP contribution in [0.15, 0.2) is 42.5 Å². The van der Waals surface area contributed by atoms with Crippen molar-refractivity contribution in [3.8, 4) is 5.75 Å². The van der Waals surface area contributed by atoms with Crippen molar-refractivity contribution in [2.75, 3.05) is 6.61 Å². The van der Waals surface area contributed by atoms with Crippen LogP contribution in [0, 0.1) is 6.92 Å². The van der Waals surface area contributed by atoms with Crippen LogP contribution in [0.25, 0.3) is 0 Å². The lowest BCUT2D eigenvalue weighted by molar-refractivity contribution is 0.219. The highest BCUT2D eigenvalue weighted by Gasteiger charge is 2.32. The summed E-state index contributed by atoms with van der Waals surface area (Å²) in [6, 6.07) is 14.0. The van der Waals surface area contributed by atoms with Gasteiger partial charge in [0.25, 0.3) is 0 Å². The highest BCUT2D eigenvalue weighted by Crippen LogP contribution is 2.40. The normalized spacial score (nSPS) is 17.4. The van der Waals surface area contributed by atoms with Gasteiger partial charge < -0.3 is 9.84 Å². The smallest absolute Gasteiger partial charge is 0.123 e. The number of fused-ring (bicyclic) bond motifs is 1. The van der Waals surface area contributed by atoms with Crippen molar-refractivity contribution in [3.05, 3.63) is 64.7 Å². The minimum absolute atomic E-state index is 0.0107. The van der Waals surface area contributed by atoms with Crippen molar-refractivity contribution in [2.45, 2.75) is 32.3 Å². The van der Waals surface area contributed by atoms with E-state index in [-0.39, 0.29) is 5.41 Å². The minimum atomic E-state index is -0.585. The maximum Gasteiger partial charge on any atom is 0.123 e. The van der Waals surface area contributed by atoms with Gasteiger partial charge in [0, 0.05) is 11.0 Å². The maximum absolute atomic E-state index is 10.6. The summed E-state index contributed by atoms with van der Waals surface area (Å²) < 4.78 is 5.70. The SMILES string of the molecule is Cc1ccccc1C(O)c1ccc2c(c1)C(C)(C)CO2. The average Bonchev–Trinajstić information content (AvgIpc) is 2.74. The number of benzene rings is 2. The molecule has 1 unspecified atom stereocenters. The Labute approximate surface area is 120 Å². The molecular formula is C18H20O2. The molecule has 1 heterocycles. The van der Waals surface area contributed by atoms with Gasteiger partial charge in [-0.05, 0) is 35.7 Å². The Morgan fingerprint density at radius 1 is 1.15 bits per heavy atom. The second kappa shape index (κ2) is 4.64. The number of aliphatic hydroxyl groups is 1. The summed E-state index contributed by atoms with van der Waals surface area (Å²) in [5.41, 5.74) is 4.19. The molecule has 0 aromatic heterocycles. The molecule has 0 aliphatic carbocycles. The van der Waals surface area contributed by atoms with Crippen molar-refractivity contribution >= 4 is 0 Å². The molecular weight excluding hydrogens is 248 g/mol. The monoisotopic (exact) mass is 268 g/mol. The molecule has 1 N–H and O–H groups in total. The number of ether oxygens (including phenoxy) is 1. The fourth-order valence-electron chi connectivity index (χ4n) is 2.78. The molecule has 3 rings (SSSR count). The Morgan fingerprint density at radius 3 is 2.65 bits per heavy atom. The van der Waals surface area contributed by atoms with Gasteiger partial charge in [-0.15, -0.1) is 0 Å². The van der Waals surface area contributed by atoms with E-state index < -0.39 is 6.10 Å². The molecule has 20 heavy (non-hydrogen) atoms. The first kappa shape index (κ1) is 13.2. The predicted molar refractivity (Wildman–Crippen MR) is 80.2 cm³/mol. The molecule has 0 fully saturated rings. The summed E-state index contributed by atoms with van der Waals surface area (Å²) >= 11 is 0. The largest absolute Gasteiger partial charge is 0.492 e. The summed E-state index contributed by atoms with van der Waals surface area (Å²) in [5.74, 6) is 0.940. The fraction of sp³-hybridized carbons (Fsp3) is 0.333. The van der Waals surface area contributed by atoms with E-state index in [1.807, 2.05) is 43.3 Å².